The highest BCUT2D eigenvalue weighted by Crippen LogP contribution is 2.23. The zero-order valence-corrected chi connectivity index (χ0v) is 10.3. The lowest BCUT2D eigenvalue weighted by molar-refractivity contribution is -0.173. The Bertz CT molecular complexity index is 258. The lowest BCUT2D eigenvalue weighted by Gasteiger charge is -2.24. The molecule has 0 aliphatic carbocycles. The fourth-order valence-electron chi connectivity index (χ4n) is 1.51. The number of amides is 1. The number of hydrogen-bond acceptors (Lipinski definition) is 2. The van der Waals surface area contributed by atoms with Crippen LogP contribution in [0.4, 0.5) is 0 Å². The molecule has 0 aromatic rings. The predicted octanol–water partition coefficient (Wildman–Crippen LogP) is 2.41. The van der Waals surface area contributed by atoms with Crippen molar-refractivity contribution in [1.29, 1.82) is 0 Å². The molecule has 1 amide bonds. The Morgan fingerprint density at radius 2 is 2.07 bits per heavy atom. The number of allylic oxidation sites excluding steroid dienone is 3. The van der Waals surface area contributed by atoms with Crippen molar-refractivity contribution in [2.75, 3.05) is 14.2 Å². The van der Waals surface area contributed by atoms with Crippen molar-refractivity contribution in [3.63, 3.8) is 0 Å². The first kappa shape index (κ1) is 13.9. The van der Waals surface area contributed by atoms with Gasteiger partial charge in [-0.2, -0.15) is 0 Å². The zero-order chi connectivity index (χ0) is 12.0. The number of carbonyl (C=O) groups excluding carboxylic acids is 1. The predicted molar refractivity (Wildman–Crippen MR) is 62.1 cm³/mol. The van der Waals surface area contributed by atoms with Gasteiger partial charge in [0.1, 0.15) is 0 Å². The number of nitrogens with zero attached hydrogens (tertiary/aromatic N) is 1. The summed E-state index contributed by atoms with van der Waals surface area (Å²) in [6.07, 6.45) is 3.81. The van der Waals surface area contributed by atoms with Crippen molar-refractivity contribution >= 4 is 5.91 Å². The Morgan fingerprint density at radius 1 is 1.53 bits per heavy atom. The summed E-state index contributed by atoms with van der Waals surface area (Å²) in [5.41, 5.74) is 1.15. The van der Waals surface area contributed by atoms with E-state index >= 15 is 0 Å². The van der Waals surface area contributed by atoms with Crippen LogP contribution in [0.25, 0.3) is 0 Å². The second-order valence-corrected chi connectivity index (χ2v) is 3.60. The average Bonchev–Trinajstić information content (AvgIpc) is 2.27. The van der Waals surface area contributed by atoms with E-state index in [1.54, 1.807) is 13.1 Å². The molecule has 2 atom stereocenters. The van der Waals surface area contributed by atoms with Gasteiger partial charge in [-0.3, -0.25) is 9.63 Å². The van der Waals surface area contributed by atoms with Crippen LogP contribution in [-0.2, 0) is 9.63 Å². The van der Waals surface area contributed by atoms with Gasteiger partial charge < -0.3 is 0 Å². The first-order valence-electron chi connectivity index (χ1n) is 5.06. The third-order valence-corrected chi connectivity index (χ3v) is 2.75. The maximum absolute atomic E-state index is 11.8. The Balaban J connectivity index is 4.73. The molecule has 0 aliphatic heterocycles. The zero-order valence-electron chi connectivity index (χ0n) is 10.3. The fraction of sp³-hybridized carbons (Fsp3) is 0.583. The molecule has 0 bridgehead atoms. The van der Waals surface area contributed by atoms with Crippen LogP contribution in [0.3, 0.4) is 0 Å². The van der Waals surface area contributed by atoms with E-state index in [0.717, 1.165) is 5.57 Å². The summed E-state index contributed by atoms with van der Waals surface area (Å²) in [7, 11) is 3.10. The van der Waals surface area contributed by atoms with Gasteiger partial charge in [0.15, 0.2) is 0 Å². The fourth-order valence-corrected chi connectivity index (χ4v) is 1.51. The smallest absolute Gasteiger partial charge is 0.249 e. The van der Waals surface area contributed by atoms with E-state index in [2.05, 4.69) is 6.58 Å². The second kappa shape index (κ2) is 6.40. The van der Waals surface area contributed by atoms with Crippen LogP contribution >= 0.6 is 0 Å². The summed E-state index contributed by atoms with van der Waals surface area (Å²) in [4.78, 5) is 16.7. The molecule has 0 spiro atoms. The summed E-state index contributed by atoms with van der Waals surface area (Å²) < 4.78 is 0. The molecule has 0 fully saturated rings. The van der Waals surface area contributed by atoms with Gasteiger partial charge in [-0.05, 0) is 13.8 Å². The first-order valence-corrected chi connectivity index (χ1v) is 5.06. The van der Waals surface area contributed by atoms with Gasteiger partial charge in [-0.1, -0.05) is 24.6 Å². The quantitative estimate of drug-likeness (QED) is 0.516. The third kappa shape index (κ3) is 3.51. The summed E-state index contributed by atoms with van der Waals surface area (Å²) in [6.45, 7) is 9.62. The van der Waals surface area contributed by atoms with E-state index in [1.807, 2.05) is 26.8 Å². The molecule has 86 valence electrons. The number of rotatable bonds is 5. The normalized spacial score (nSPS) is 15.7. The van der Waals surface area contributed by atoms with E-state index < -0.39 is 0 Å². The standard InChI is InChI=1S/C12H21NO2/c1-7-9(3)11(8-2)10(4)12(14)13(5)15-6/h7-8,10-11H,2H2,1,3-6H3/b9-7+/t10-,11-/m1/s1. The number of hydroxylamine groups is 2. The van der Waals surface area contributed by atoms with Crippen molar-refractivity contribution in [2.45, 2.75) is 20.8 Å². The van der Waals surface area contributed by atoms with Crippen molar-refractivity contribution in [3.8, 4) is 0 Å². The highest BCUT2D eigenvalue weighted by atomic mass is 16.7. The molecule has 0 rings (SSSR count). The molecule has 0 unspecified atom stereocenters. The van der Waals surface area contributed by atoms with Gasteiger partial charge in [0.05, 0.1) is 7.11 Å². The van der Waals surface area contributed by atoms with Crippen molar-refractivity contribution in [1.82, 2.24) is 5.06 Å². The van der Waals surface area contributed by atoms with E-state index in [9.17, 15) is 4.79 Å². The average molecular weight is 211 g/mol. The number of carbonyl (C=O) groups is 1. The molecular formula is C12H21NO2. The molecule has 0 aliphatic rings. The van der Waals surface area contributed by atoms with Gasteiger partial charge in [0.25, 0.3) is 0 Å². The molecular weight excluding hydrogens is 190 g/mol. The molecule has 0 N–H and O–H groups in total. The van der Waals surface area contributed by atoms with Gasteiger partial charge in [0, 0.05) is 18.9 Å². The first-order chi connectivity index (χ1) is 6.99. The van der Waals surface area contributed by atoms with Gasteiger partial charge in [-0.25, -0.2) is 5.06 Å². The van der Waals surface area contributed by atoms with Crippen LogP contribution in [0.15, 0.2) is 24.3 Å². The van der Waals surface area contributed by atoms with Crippen LogP contribution in [0.5, 0.6) is 0 Å². The summed E-state index contributed by atoms with van der Waals surface area (Å²) >= 11 is 0. The van der Waals surface area contributed by atoms with Crippen LogP contribution < -0.4 is 0 Å². The van der Waals surface area contributed by atoms with E-state index in [0.29, 0.717) is 0 Å². The topological polar surface area (TPSA) is 29.5 Å². The molecule has 0 radical (unpaired) electrons. The Labute approximate surface area is 92.4 Å². The molecule has 0 saturated heterocycles. The molecule has 3 nitrogen and oxygen atoms in total. The minimum Gasteiger partial charge on any atom is -0.275 e. The lowest BCUT2D eigenvalue weighted by Crippen LogP contribution is -2.34. The monoisotopic (exact) mass is 211 g/mol. The molecule has 0 aromatic carbocycles. The SMILES string of the molecule is C=C[C@H](/C(C)=C/C)[C@@H](C)C(=O)N(C)OC. The van der Waals surface area contributed by atoms with Gasteiger partial charge in [-0.15, -0.1) is 6.58 Å². The highest BCUT2D eigenvalue weighted by molar-refractivity contribution is 5.78. The Kier molecular flexibility index (Phi) is 5.94. The largest absolute Gasteiger partial charge is 0.275 e. The van der Waals surface area contributed by atoms with Crippen molar-refractivity contribution < 1.29 is 9.63 Å². The van der Waals surface area contributed by atoms with Gasteiger partial charge >= 0.3 is 0 Å². The molecule has 0 aromatic heterocycles. The van der Waals surface area contributed by atoms with Crippen molar-refractivity contribution in [2.24, 2.45) is 11.8 Å². The highest BCUT2D eigenvalue weighted by Gasteiger charge is 2.25. The van der Waals surface area contributed by atoms with E-state index in [1.165, 1.54) is 12.2 Å². The Morgan fingerprint density at radius 3 is 2.40 bits per heavy atom. The van der Waals surface area contributed by atoms with Crippen molar-refractivity contribution in [3.05, 3.63) is 24.3 Å². The van der Waals surface area contributed by atoms with Crippen LogP contribution in [0, 0.1) is 11.8 Å². The van der Waals surface area contributed by atoms with Crippen LogP contribution in [-0.4, -0.2) is 25.1 Å². The maximum atomic E-state index is 11.8. The Hall–Kier alpha value is -1.09. The lowest BCUT2D eigenvalue weighted by atomic mass is 9.87. The second-order valence-electron chi connectivity index (χ2n) is 3.60. The number of hydrogen-bond donors (Lipinski definition) is 0. The molecule has 15 heavy (non-hydrogen) atoms. The molecule has 0 saturated carbocycles. The van der Waals surface area contributed by atoms with E-state index in [-0.39, 0.29) is 17.7 Å². The third-order valence-electron chi connectivity index (χ3n) is 2.75. The van der Waals surface area contributed by atoms with E-state index in [4.69, 9.17) is 4.84 Å². The summed E-state index contributed by atoms with van der Waals surface area (Å²) in [5, 5.41) is 1.25. The maximum Gasteiger partial charge on any atom is 0.249 e. The van der Waals surface area contributed by atoms with Crippen LogP contribution in [0.1, 0.15) is 20.8 Å². The minimum absolute atomic E-state index is 0.0383. The molecule has 0 heterocycles. The minimum atomic E-state index is -0.149. The van der Waals surface area contributed by atoms with Crippen LogP contribution in [0.2, 0.25) is 0 Å². The molecule has 3 heteroatoms. The van der Waals surface area contributed by atoms with Gasteiger partial charge in [0.2, 0.25) is 5.91 Å². The summed E-state index contributed by atoms with van der Waals surface area (Å²) in [5.74, 6) is -0.118. The summed E-state index contributed by atoms with van der Waals surface area (Å²) in [6, 6.07) is 0.